The second kappa shape index (κ2) is 9.43. The first-order valence-electron chi connectivity index (χ1n) is 8.31. The van der Waals surface area contributed by atoms with E-state index in [1.54, 1.807) is 6.92 Å². The average Bonchev–Trinajstić information content (AvgIpc) is 2.60. The van der Waals surface area contributed by atoms with E-state index in [4.69, 9.17) is 0 Å². The molecular formula is C20H26FNO. The molecule has 3 heteroatoms. The maximum Gasteiger partial charge on any atom is 0.126 e. The third-order valence-electron chi connectivity index (χ3n) is 4.05. The van der Waals surface area contributed by atoms with Crippen molar-refractivity contribution in [2.24, 2.45) is 0 Å². The Morgan fingerprint density at radius 2 is 1.39 bits per heavy atom. The van der Waals surface area contributed by atoms with Crippen molar-refractivity contribution in [2.45, 2.75) is 45.1 Å². The van der Waals surface area contributed by atoms with Crippen LogP contribution in [0.25, 0.3) is 0 Å². The lowest BCUT2D eigenvalue weighted by atomic mass is 10.1. The molecule has 2 rings (SSSR count). The highest BCUT2D eigenvalue weighted by atomic mass is 19.1. The molecule has 0 spiro atoms. The molecule has 0 saturated carbocycles. The number of hydrogen-bond acceptors (Lipinski definition) is 2. The number of rotatable bonds is 9. The van der Waals surface area contributed by atoms with Gasteiger partial charge >= 0.3 is 0 Å². The Morgan fingerprint density at radius 1 is 0.913 bits per heavy atom. The largest absolute Gasteiger partial charge is 0.390 e. The van der Waals surface area contributed by atoms with E-state index >= 15 is 0 Å². The number of nitrogens with zero attached hydrogens (tertiary/aromatic N) is 1. The summed E-state index contributed by atoms with van der Waals surface area (Å²) in [7, 11) is 0. The molecule has 0 aliphatic rings. The normalized spacial score (nSPS) is 13.9. The Bertz CT molecular complexity index is 505. The van der Waals surface area contributed by atoms with Crippen molar-refractivity contribution < 1.29 is 9.50 Å². The quantitative estimate of drug-likeness (QED) is 0.750. The molecule has 0 aromatic heterocycles. The van der Waals surface area contributed by atoms with Crippen LogP contribution in [0.3, 0.4) is 0 Å². The van der Waals surface area contributed by atoms with E-state index in [2.05, 4.69) is 29.2 Å². The summed E-state index contributed by atoms with van der Waals surface area (Å²) in [5.74, 6) is 0. The number of halogens is 1. The minimum absolute atomic E-state index is 0.360. The molecule has 0 radical (unpaired) electrons. The van der Waals surface area contributed by atoms with Gasteiger partial charge in [0.05, 0.1) is 6.10 Å². The summed E-state index contributed by atoms with van der Waals surface area (Å²) in [5, 5.41) is 9.90. The van der Waals surface area contributed by atoms with Crippen LogP contribution in [0, 0.1) is 0 Å². The van der Waals surface area contributed by atoms with Gasteiger partial charge in [0, 0.05) is 19.6 Å². The topological polar surface area (TPSA) is 23.5 Å². The summed E-state index contributed by atoms with van der Waals surface area (Å²) >= 11 is 0. The maximum atomic E-state index is 13.6. The zero-order chi connectivity index (χ0) is 16.5. The molecule has 0 aliphatic heterocycles. The lowest BCUT2D eigenvalue weighted by Crippen LogP contribution is -2.30. The smallest absolute Gasteiger partial charge is 0.126 e. The molecule has 0 fully saturated rings. The summed E-state index contributed by atoms with van der Waals surface area (Å²) in [4.78, 5) is 2.26. The van der Waals surface area contributed by atoms with Crippen LogP contribution in [0.15, 0.2) is 60.7 Å². The fraction of sp³-hybridized carbons (Fsp3) is 0.400. The van der Waals surface area contributed by atoms with E-state index in [-0.39, 0.29) is 0 Å². The van der Waals surface area contributed by atoms with E-state index in [9.17, 15) is 9.50 Å². The molecule has 0 saturated heterocycles. The number of hydrogen-bond donors (Lipinski definition) is 1. The molecule has 23 heavy (non-hydrogen) atoms. The highest BCUT2D eigenvalue weighted by Gasteiger charge is 2.17. The van der Waals surface area contributed by atoms with Crippen molar-refractivity contribution in [1.29, 1.82) is 0 Å². The highest BCUT2D eigenvalue weighted by Crippen LogP contribution is 2.13. The molecular weight excluding hydrogens is 289 g/mol. The number of aliphatic hydroxyl groups excluding tert-OH is 1. The average molecular weight is 315 g/mol. The van der Waals surface area contributed by atoms with Gasteiger partial charge in [0.2, 0.25) is 0 Å². The minimum atomic E-state index is -1.13. The van der Waals surface area contributed by atoms with Gasteiger partial charge in [-0.25, -0.2) is 4.39 Å². The number of benzene rings is 2. The molecule has 2 nitrogen and oxygen atoms in total. The van der Waals surface area contributed by atoms with E-state index < -0.39 is 12.3 Å². The van der Waals surface area contributed by atoms with Crippen LogP contribution in [-0.2, 0) is 13.1 Å². The Morgan fingerprint density at radius 3 is 1.83 bits per heavy atom. The lowest BCUT2D eigenvalue weighted by molar-refractivity contribution is 0.0567. The number of alkyl halides is 1. The second-order valence-electron chi connectivity index (χ2n) is 5.96. The van der Waals surface area contributed by atoms with Crippen molar-refractivity contribution in [3.63, 3.8) is 0 Å². The Kier molecular flexibility index (Phi) is 7.24. The third kappa shape index (κ3) is 6.12. The first kappa shape index (κ1) is 17.6. The molecule has 0 amide bonds. The predicted octanol–water partition coefficient (Wildman–Crippen LogP) is 4.19. The minimum Gasteiger partial charge on any atom is -0.390 e. The van der Waals surface area contributed by atoms with Crippen LogP contribution >= 0.6 is 0 Å². The van der Waals surface area contributed by atoms with Crippen LogP contribution in [0.1, 0.15) is 30.9 Å². The summed E-state index contributed by atoms with van der Waals surface area (Å²) in [5.41, 5.74) is 2.45. The van der Waals surface area contributed by atoms with Crippen molar-refractivity contribution in [3.05, 3.63) is 71.8 Å². The molecule has 2 atom stereocenters. The van der Waals surface area contributed by atoms with Crippen LogP contribution < -0.4 is 0 Å². The summed E-state index contributed by atoms with van der Waals surface area (Å²) < 4.78 is 13.6. The molecule has 2 aromatic rings. The van der Waals surface area contributed by atoms with Gasteiger partial charge in [-0.15, -0.1) is 0 Å². The van der Waals surface area contributed by atoms with Gasteiger partial charge in [0.1, 0.15) is 6.17 Å². The first-order chi connectivity index (χ1) is 11.2. The summed E-state index contributed by atoms with van der Waals surface area (Å²) in [6.07, 6.45) is -1.20. The van der Waals surface area contributed by atoms with E-state index in [0.717, 1.165) is 13.1 Å². The van der Waals surface area contributed by atoms with Gasteiger partial charge in [0.15, 0.2) is 0 Å². The lowest BCUT2D eigenvalue weighted by Gasteiger charge is -2.24. The molecule has 1 unspecified atom stereocenters. The fourth-order valence-electron chi connectivity index (χ4n) is 2.67. The molecule has 2 aromatic carbocycles. The third-order valence-corrected chi connectivity index (χ3v) is 4.05. The van der Waals surface area contributed by atoms with Gasteiger partial charge in [-0.05, 0) is 24.0 Å². The van der Waals surface area contributed by atoms with Crippen LogP contribution in [-0.4, -0.2) is 28.8 Å². The van der Waals surface area contributed by atoms with Crippen LogP contribution in [0.4, 0.5) is 4.39 Å². The molecule has 0 heterocycles. The zero-order valence-electron chi connectivity index (χ0n) is 13.7. The fourth-order valence-corrected chi connectivity index (χ4v) is 2.67. The standard InChI is InChI=1S/C20H26FNO/c1-2-19(21)20(23)13-14-22(15-17-9-5-3-6-10-17)16-18-11-7-4-8-12-18/h3-12,19-20,23H,2,13-16H2,1H3/t19?,20-/m1/s1. The summed E-state index contributed by atoms with van der Waals surface area (Å²) in [6, 6.07) is 20.5. The van der Waals surface area contributed by atoms with E-state index in [1.807, 2.05) is 36.4 Å². The van der Waals surface area contributed by atoms with Crippen LogP contribution in [0.2, 0.25) is 0 Å². The van der Waals surface area contributed by atoms with Gasteiger partial charge in [-0.1, -0.05) is 67.6 Å². The molecule has 124 valence electrons. The molecule has 0 bridgehead atoms. The SMILES string of the molecule is CCC(F)[C@H](O)CCN(Cc1ccccc1)Cc1ccccc1. The Hall–Kier alpha value is -1.71. The summed E-state index contributed by atoms with van der Waals surface area (Å²) in [6.45, 7) is 4.03. The number of aliphatic hydroxyl groups is 1. The Balaban J connectivity index is 1.99. The first-order valence-corrected chi connectivity index (χ1v) is 8.31. The van der Waals surface area contributed by atoms with Gasteiger partial charge < -0.3 is 5.11 Å². The monoisotopic (exact) mass is 315 g/mol. The highest BCUT2D eigenvalue weighted by molar-refractivity contribution is 5.17. The van der Waals surface area contributed by atoms with Gasteiger partial charge in [0.25, 0.3) is 0 Å². The molecule has 0 aliphatic carbocycles. The molecule has 1 N–H and O–H groups in total. The van der Waals surface area contributed by atoms with Gasteiger partial charge in [-0.2, -0.15) is 0 Å². The van der Waals surface area contributed by atoms with Crippen molar-refractivity contribution in [2.75, 3.05) is 6.54 Å². The van der Waals surface area contributed by atoms with Crippen LogP contribution in [0.5, 0.6) is 0 Å². The maximum absolute atomic E-state index is 13.6. The van der Waals surface area contributed by atoms with E-state index in [0.29, 0.717) is 19.4 Å². The second-order valence-corrected chi connectivity index (χ2v) is 5.96. The van der Waals surface area contributed by atoms with E-state index in [1.165, 1.54) is 11.1 Å². The van der Waals surface area contributed by atoms with Crippen molar-refractivity contribution >= 4 is 0 Å². The van der Waals surface area contributed by atoms with Crippen molar-refractivity contribution in [1.82, 2.24) is 4.90 Å². The van der Waals surface area contributed by atoms with Crippen molar-refractivity contribution in [3.8, 4) is 0 Å². The predicted molar refractivity (Wildman–Crippen MR) is 92.8 cm³/mol. The Labute approximate surface area is 138 Å². The van der Waals surface area contributed by atoms with Gasteiger partial charge in [-0.3, -0.25) is 4.90 Å². The zero-order valence-corrected chi connectivity index (χ0v) is 13.7.